The molecule has 1 N–H and O–H groups in total. The van der Waals surface area contributed by atoms with E-state index in [0.717, 1.165) is 37.5 Å². The summed E-state index contributed by atoms with van der Waals surface area (Å²) in [6.45, 7) is 0.861. The molecule has 0 radical (unpaired) electrons. The molecule has 4 nitrogen and oxygen atoms in total. The molecule has 4 heteroatoms. The molecule has 0 atom stereocenters. The fourth-order valence-corrected chi connectivity index (χ4v) is 3.34. The number of rotatable bonds is 5. The molecule has 0 saturated heterocycles. The number of hydrogen-bond acceptors (Lipinski definition) is 4. The summed E-state index contributed by atoms with van der Waals surface area (Å²) in [6, 6.07) is 10.7. The molecular weight excluding hydrogens is 262 g/mol. The molecule has 1 aliphatic carbocycles. The lowest BCUT2D eigenvalue weighted by atomic mass is 9.69. The Morgan fingerprint density at radius 1 is 1.14 bits per heavy atom. The van der Waals surface area contributed by atoms with Crippen LogP contribution in [-0.4, -0.2) is 23.7 Å². The second-order valence-electron chi connectivity index (χ2n) is 5.87. The maximum absolute atomic E-state index is 5.47. The molecular formula is C17H23N3O. The fraction of sp³-hybridized carbons (Fsp3) is 0.529. The summed E-state index contributed by atoms with van der Waals surface area (Å²) in [5.41, 5.74) is 1.27. The van der Waals surface area contributed by atoms with E-state index in [4.69, 9.17) is 9.51 Å². The lowest BCUT2D eigenvalue weighted by molar-refractivity contribution is 0.308. The highest BCUT2D eigenvalue weighted by Crippen LogP contribution is 2.43. The summed E-state index contributed by atoms with van der Waals surface area (Å²) in [6.07, 6.45) is 6.78. The highest BCUT2D eigenvalue weighted by Gasteiger charge is 2.39. The third-order valence-electron chi connectivity index (χ3n) is 4.52. The van der Waals surface area contributed by atoms with Crippen LogP contribution < -0.4 is 5.32 Å². The maximum atomic E-state index is 5.47. The molecule has 1 saturated carbocycles. The quantitative estimate of drug-likeness (QED) is 0.917. The van der Waals surface area contributed by atoms with Gasteiger partial charge in [0.15, 0.2) is 5.82 Å². The van der Waals surface area contributed by atoms with E-state index in [1.807, 2.05) is 7.05 Å². The Bertz CT molecular complexity index is 558. The fourth-order valence-electron chi connectivity index (χ4n) is 3.34. The first-order valence-electron chi connectivity index (χ1n) is 7.88. The second kappa shape index (κ2) is 6.39. The van der Waals surface area contributed by atoms with Crippen molar-refractivity contribution >= 4 is 0 Å². The minimum atomic E-state index is -0.0547. The van der Waals surface area contributed by atoms with Crippen molar-refractivity contribution in [1.82, 2.24) is 15.5 Å². The molecule has 0 spiro atoms. The monoisotopic (exact) mass is 285 g/mol. The largest absolute Gasteiger partial charge is 0.339 e. The number of aromatic nitrogens is 2. The van der Waals surface area contributed by atoms with Gasteiger partial charge in [-0.15, -0.1) is 0 Å². The summed E-state index contributed by atoms with van der Waals surface area (Å²) >= 11 is 0. The van der Waals surface area contributed by atoms with Crippen LogP contribution in [0.3, 0.4) is 0 Å². The SMILES string of the molecule is CNCCc1nc(C2(c3ccccc3)CCCCC2)no1. The highest BCUT2D eigenvalue weighted by atomic mass is 16.5. The minimum Gasteiger partial charge on any atom is -0.339 e. The molecule has 1 aromatic carbocycles. The van der Waals surface area contributed by atoms with Crippen molar-refractivity contribution in [3.63, 3.8) is 0 Å². The van der Waals surface area contributed by atoms with E-state index in [-0.39, 0.29) is 5.41 Å². The van der Waals surface area contributed by atoms with Gasteiger partial charge in [-0.2, -0.15) is 4.98 Å². The Morgan fingerprint density at radius 2 is 1.90 bits per heavy atom. The average molecular weight is 285 g/mol. The number of hydrogen-bond donors (Lipinski definition) is 1. The van der Waals surface area contributed by atoms with Crippen LogP contribution >= 0.6 is 0 Å². The molecule has 0 amide bonds. The Morgan fingerprint density at radius 3 is 2.62 bits per heavy atom. The number of nitrogens with zero attached hydrogens (tertiary/aromatic N) is 2. The van der Waals surface area contributed by atoms with E-state index in [2.05, 4.69) is 40.8 Å². The van der Waals surface area contributed by atoms with Gasteiger partial charge in [0.2, 0.25) is 5.89 Å². The van der Waals surface area contributed by atoms with Crippen molar-refractivity contribution < 1.29 is 4.52 Å². The minimum absolute atomic E-state index is 0.0547. The van der Waals surface area contributed by atoms with Gasteiger partial charge < -0.3 is 9.84 Å². The molecule has 2 aromatic rings. The van der Waals surface area contributed by atoms with Gasteiger partial charge in [-0.3, -0.25) is 0 Å². The Kier molecular flexibility index (Phi) is 4.34. The van der Waals surface area contributed by atoms with Crippen molar-refractivity contribution in [3.05, 3.63) is 47.6 Å². The summed E-state index contributed by atoms with van der Waals surface area (Å²) in [5.74, 6) is 1.61. The van der Waals surface area contributed by atoms with Crippen molar-refractivity contribution in [2.45, 2.75) is 43.9 Å². The lowest BCUT2D eigenvalue weighted by Crippen LogP contribution is -2.31. The highest BCUT2D eigenvalue weighted by molar-refractivity contribution is 5.33. The normalized spacial score (nSPS) is 17.8. The summed E-state index contributed by atoms with van der Waals surface area (Å²) in [7, 11) is 1.93. The molecule has 3 rings (SSSR count). The third kappa shape index (κ3) is 2.86. The predicted octanol–water partition coefficient (Wildman–Crippen LogP) is 3.08. The topological polar surface area (TPSA) is 51.0 Å². The van der Waals surface area contributed by atoms with Crippen LogP contribution in [0.5, 0.6) is 0 Å². The van der Waals surface area contributed by atoms with Crippen LogP contribution in [0, 0.1) is 0 Å². The standard InChI is InChI=1S/C17H23N3O/c1-18-13-10-15-19-16(20-21-15)17(11-6-3-7-12-17)14-8-4-2-5-9-14/h2,4-5,8-9,18H,3,6-7,10-13H2,1H3. The summed E-state index contributed by atoms with van der Waals surface area (Å²) in [5, 5.41) is 7.45. The molecule has 112 valence electrons. The van der Waals surface area contributed by atoms with Crippen LogP contribution in [0.15, 0.2) is 34.9 Å². The first-order valence-corrected chi connectivity index (χ1v) is 7.88. The van der Waals surface area contributed by atoms with E-state index >= 15 is 0 Å². The van der Waals surface area contributed by atoms with Gasteiger partial charge in [0, 0.05) is 13.0 Å². The second-order valence-corrected chi connectivity index (χ2v) is 5.87. The average Bonchev–Trinajstić information content (AvgIpc) is 3.04. The van der Waals surface area contributed by atoms with Crippen LogP contribution in [0.25, 0.3) is 0 Å². The first-order chi connectivity index (χ1) is 10.3. The van der Waals surface area contributed by atoms with Crippen LogP contribution in [-0.2, 0) is 11.8 Å². The van der Waals surface area contributed by atoms with Gasteiger partial charge >= 0.3 is 0 Å². The smallest absolute Gasteiger partial charge is 0.227 e. The molecule has 1 fully saturated rings. The van der Waals surface area contributed by atoms with Crippen LogP contribution in [0.2, 0.25) is 0 Å². The van der Waals surface area contributed by atoms with Crippen LogP contribution in [0.4, 0.5) is 0 Å². The first kappa shape index (κ1) is 14.3. The van der Waals surface area contributed by atoms with Crippen LogP contribution in [0.1, 0.15) is 49.4 Å². The van der Waals surface area contributed by atoms with E-state index in [1.165, 1.54) is 24.8 Å². The van der Waals surface area contributed by atoms with Crippen molar-refractivity contribution in [3.8, 4) is 0 Å². The molecule has 0 bridgehead atoms. The Balaban J connectivity index is 1.94. The van der Waals surface area contributed by atoms with Gasteiger partial charge in [0.05, 0.1) is 5.41 Å². The van der Waals surface area contributed by atoms with Gasteiger partial charge in [0.25, 0.3) is 0 Å². The summed E-state index contributed by atoms with van der Waals surface area (Å²) in [4.78, 5) is 4.70. The Hall–Kier alpha value is -1.68. The van der Waals surface area contributed by atoms with Gasteiger partial charge in [0.1, 0.15) is 0 Å². The third-order valence-corrected chi connectivity index (χ3v) is 4.52. The molecule has 1 heterocycles. The molecule has 1 aliphatic rings. The van der Waals surface area contributed by atoms with Crippen molar-refractivity contribution in [1.29, 1.82) is 0 Å². The number of nitrogens with one attached hydrogen (secondary N) is 1. The number of likely N-dealkylation sites (N-methyl/N-ethyl adjacent to an activating group) is 1. The van der Waals surface area contributed by atoms with Gasteiger partial charge in [-0.25, -0.2) is 0 Å². The predicted molar refractivity (Wildman–Crippen MR) is 82.2 cm³/mol. The molecule has 1 aromatic heterocycles. The van der Waals surface area contributed by atoms with E-state index < -0.39 is 0 Å². The number of benzene rings is 1. The van der Waals surface area contributed by atoms with Crippen molar-refractivity contribution in [2.24, 2.45) is 0 Å². The van der Waals surface area contributed by atoms with E-state index in [0.29, 0.717) is 0 Å². The Labute approximate surface area is 126 Å². The van der Waals surface area contributed by atoms with Gasteiger partial charge in [-0.1, -0.05) is 54.8 Å². The van der Waals surface area contributed by atoms with E-state index in [1.54, 1.807) is 0 Å². The summed E-state index contributed by atoms with van der Waals surface area (Å²) < 4.78 is 5.47. The lowest BCUT2D eigenvalue weighted by Gasteiger charge is -2.34. The van der Waals surface area contributed by atoms with Gasteiger partial charge in [-0.05, 0) is 25.5 Å². The zero-order chi connectivity index (χ0) is 14.5. The zero-order valence-electron chi connectivity index (χ0n) is 12.6. The maximum Gasteiger partial charge on any atom is 0.227 e. The zero-order valence-corrected chi connectivity index (χ0v) is 12.6. The van der Waals surface area contributed by atoms with Crippen molar-refractivity contribution in [2.75, 3.05) is 13.6 Å². The molecule has 21 heavy (non-hydrogen) atoms. The molecule has 0 unspecified atom stereocenters. The molecule has 0 aliphatic heterocycles. The van der Waals surface area contributed by atoms with E-state index in [9.17, 15) is 0 Å².